The van der Waals surface area contributed by atoms with Gasteiger partial charge in [0, 0.05) is 12.6 Å². The molecule has 0 bridgehead atoms. The number of carbonyl (C=O) groups excluding carboxylic acids is 1. The Hall–Kier alpha value is -0.610. The summed E-state index contributed by atoms with van der Waals surface area (Å²) in [7, 11) is 0. The van der Waals surface area contributed by atoms with Gasteiger partial charge >= 0.3 is 0 Å². The van der Waals surface area contributed by atoms with Crippen LogP contribution in [0.5, 0.6) is 0 Å². The predicted molar refractivity (Wildman–Crippen MR) is 52.0 cm³/mol. The van der Waals surface area contributed by atoms with Crippen LogP contribution in [0, 0.1) is 0 Å². The van der Waals surface area contributed by atoms with Crippen LogP contribution in [0.3, 0.4) is 0 Å². The van der Waals surface area contributed by atoms with Gasteiger partial charge in [0.15, 0.2) is 0 Å². The summed E-state index contributed by atoms with van der Waals surface area (Å²) in [6, 6.07) is -0.208. The van der Waals surface area contributed by atoms with E-state index >= 15 is 0 Å². The van der Waals surface area contributed by atoms with E-state index in [2.05, 4.69) is 5.32 Å². The van der Waals surface area contributed by atoms with Crippen molar-refractivity contribution in [3.8, 4) is 0 Å². The third-order valence-electron chi connectivity index (χ3n) is 2.54. The Morgan fingerprint density at radius 1 is 1.38 bits per heavy atom. The second-order valence-corrected chi connectivity index (χ2v) is 3.69. The Labute approximate surface area is 79.0 Å². The van der Waals surface area contributed by atoms with Gasteiger partial charge in [-0.25, -0.2) is 0 Å². The molecule has 1 unspecified atom stereocenters. The lowest BCUT2D eigenvalue weighted by Gasteiger charge is -2.23. The number of rotatable bonds is 3. The fourth-order valence-electron chi connectivity index (χ4n) is 1.66. The minimum absolute atomic E-state index is 0.102. The fourth-order valence-corrected chi connectivity index (χ4v) is 1.66. The van der Waals surface area contributed by atoms with Crippen molar-refractivity contribution in [3.05, 3.63) is 0 Å². The third-order valence-corrected chi connectivity index (χ3v) is 2.54. The number of nitrogens with two attached hydrogens (primary N) is 2. The molecule has 0 aromatic rings. The minimum atomic E-state index is -0.540. The van der Waals surface area contributed by atoms with E-state index in [-0.39, 0.29) is 12.5 Å². The van der Waals surface area contributed by atoms with E-state index in [1.54, 1.807) is 0 Å². The monoisotopic (exact) mass is 185 g/mol. The first kappa shape index (κ1) is 10.5. The summed E-state index contributed by atoms with van der Waals surface area (Å²) in [5.41, 5.74) is 10.8. The van der Waals surface area contributed by atoms with E-state index in [1.807, 2.05) is 0 Å². The van der Waals surface area contributed by atoms with Crippen LogP contribution in [0.1, 0.15) is 32.1 Å². The van der Waals surface area contributed by atoms with E-state index < -0.39 is 6.04 Å². The Morgan fingerprint density at radius 3 is 2.54 bits per heavy atom. The van der Waals surface area contributed by atoms with E-state index in [4.69, 9.17) is 11.5 Å². The largest absolute Gasteiger partial charge is 0.352 e. The number of hydrogen-bond donors (Lipinski definition) is 3. The van der Waals surface area contributed by atoms with Crippen molar-refractivity contribution in [1.29, 1.82) is 0 Å². The molecule has 0 spiro atoms. The highest BCUT2D eigenvalue weighted by Gasteiger charge is 2.18. The summed E-state index contributed by atoms with van der Waals surface area (Å²) >= 11 is 0. The normalized spacial score (nSPS) is 21.1. The van der Waals surface area contributed by atoms with E-state index in [1.165, 1.54) is 19.3 Å². The van der Waals surface area contributed by atoms with Gasteiger partial charge in [0.2, 0.25) is 5.91 Å². The molecule has 13 heavy (non-hydrogen) atoms. The van der Waals surface area contributed by atoms with Crippen LogP contribution >= 0.6 is 0 Å². The van der Waals surface area contributed by atoms with Crippen LogP contribution in [0.2, 0.25) is 0 Å². The first-order chi connectivity index (χ1) is 6.24. The van der Waals surface area contributed by atoms with Gasteiger partial charge in [0.1, 0.15) is 0 Å². The molecular weight excluding hydrogens is 166 g/mol. The lowest BCUT2D eigenvalue weighted by atomic mass is 9.95. The van der Waals surface area contributed by atoms with Crippen LogP contribution in [-0.2, 0) is 4.79 Å². The minimum Gasteiger partial charge on any atom is -0.352 e. The summed E-state index contributed by atoms with van der Waals surface area (Å²) < 4.78 is 0. The molecule has 5 N–H and O–H groups in total. The first-order valence-corrected chi connectivity index (χ1v) is 5.00. The van der Waals surface area contributed by atoms with Crippen LogP contribution in [0.15, 0.2) is 0 Å². The van der Waals surface area contributed by atoms with Crippen molar-refractivity contribution in [2.24, 2.45) is 11.5 Å². The molecule has 76 valence electrons. The van der Waals surface area contributed by atoms with Crippen LogP contribution in [0.4, 0.5) is 0 Å². The lowest BCUT2D eigenvalue weighted by molar-refractivity contribution is -0.123. The summed E-state index contributed by atoms with van der Waals surface area (Å²) in [6.07, 6.45) is 5.88. The number of carbonyl (C=O) groups is 1. The summed E-state index contributed by atoms with van der Waals surface area (Å²) in [5.74, 6) is -0.102. The summed E-state index contributed by atoms with van der Waals surface area (Å²) in [4.78, 5) is 11.3. The lowest BCUT2D eigenvalue weighted by Crippen LogP contribution is -2.49. The first-order valence-electron chi connectivity index (χ1n) is 5.00. The zero-order chi connectivity index (χ0) is 9.68. The molecule has 0 aliphatic heterocycles. The molecule has 1 fully saturated rings. The second kappa shape index (κ2) is 5.19. The van der Waals surface area contributed by atoms with Gasteiger partial charge in [-0.2, -0.15) is 0 Å². The fraction of sp³-hybridized carbons (Fsp3) is 0.889. The van der Waals surface area contributed by atoms with Crippen LogP contribution in [-0.4, -0.2) is 24.5 Å². The molecule has 0 aromatic carbocycles. The van der Waals surface area contributed by atoms with Crippen molar-refractivity contribution >= 4 is 5.91 Å². The van der Waals surface area contributed by atoms with Gasteiger partial charge in [0.25, 0.3) is 0 Å². The van der Waals surface area contributed by atoms with Crippen molar-refractivity contribution in [3.63, 3.8) is 0 Å². The maximum Gasteiger partial charge on any atom is 0.238 e. The zero-order valence-corrected chi connectivity index (χ0v) is 7.96. The Bertz CT molecular complexity index is 166. The van der Waals surface area contributed by atoms with Gasteiger partial charge in [-0.15, -0.1) is 0 Å². The molecule has 4 heteroatoms. The third kappa shape index (κ3) is 3.32. The highest BCUT2D eigenvalue weighted by molar-refractivity contribution is 5.81. The van der Waals surface area contributed by atoms with E-state index in [9.17, 15) is 4.79 Å². The molecular formula is C9H19N3O. The molecule has 1 amide bonds. The molecule has 0 aromatic heterocycles. The van der Waals surface area contributed by atoms with Crippen molar-refractivity contribution in [1.82, 2.24) is 5.32 Å². The standard InChI is InChI=1S/C9H19N3O/c10-6-8(11)9(13)12-7-4-2-1-3-5-7/h7-8H,1-6,10-11H2,(H,12,13). The van der Waals surface area contributed by atoms with Gasteiger partial charge in [0.05, 0.1) is 6.04 Å². The Kier molecular flexibility index (Phi) is 4.18. The van der Waals surface area contributed by atoms with Crippen molar-refractivity contribution in [2.75, 3.05) is 6.54 Å². The van der Waals surface area contributed by atoms with Gasteiger partial charge < -0.3 is 16.8 Å². The van der Waals surface area contributed by atoms with Crippen molar-refractivity contribution in [2.45, 2.75) is 44.2 Å². The Morgan fingerprint density at radius 2 is 2.00 bits per heavy atom. The zero-order valence-electron chi connectivity index (χ0n) is 7.96. The number of hydrogen-bond acceptors (Lipinski definition) is 3. The van der Waals surface area contributed by atoms with E-state index in [0.29, 0.717) is 6.04 Å². The predicted octanol–water partition coefficient (Wildman–Crippen LogP) is -0.279. The van der Waals surface area contributed by atoms with Crippen molar-refractivity contribution < 1.29 is 4.79 Å². The topological polar surface area (TPSA) is 81.1 Å². The molecule has 0 saturated heterocycles. The highest BCUT2D eigenvalue weighted by Crippen LogP contribution is 2.17. The van der Waals surface area contributed by atoms with Crippen LogP contribution in [0.25, 0.3) is 0 Å². The molecule has 1 aliphatic carbocycles. The molecule has 1 atom stereocenters. The summed E-state index contributed by atoms with van der Waals surface area (Å²) in [6.45, 7) is 0.221. The molecule has 0 radical (unpaired) electrons. The SMILES string of the molecule is NCC(N)C(=O)NC1CCCCC1. The van der Waals surface area contributed by atoms with Gasteiger partial charge in [-0.05, 0) is 12.8 Å². The Balaban J connectivity index is 2.26. The van der Waals surface area contributed by atoms with Gasteiger partial charge in [-0.3, -0.25) is 4.79 Å². The maximum atomic E-state index is 11.3. The quantitative estimate of drug-likeness (QED) is 0.565. The summed E-state index contributed by atoms with van der Waals surface area (Å²) in [5, 5.41) is 2.93. The molecule has 1 rings (SSSR count). The van der Waals surface area contributed by atoms with Crippen LogP contribution < -0.4 is 16.8 Å². The molecule has 1 saturated carbocycles. The second-order valence-electron chi connectivity index (χ2n) is 3.69. The maximum absolute atomic E-state index is 11.3. The molecule has 0 heterocycles. The average Bonchev–Trinajstić information content (AvgIpc) is 2.18. The average molecular weight is 185 g/mol. The number of nitrogens with one attached hydrogen (secondary N) is 1. The van der Waals surface area contributed by atoms with Gasteiger partial charge in [-0.1, -0.05) is 19.3 Å². The highest BCUT2D eigenvalue weighted by atomic mass is 16.2. The van der Waals surface area contributed by atoms with E-state index in [0.717, 1.165) is 12.8 Å². The number of amides is 1. The smallest absolute Gasteiger partial charge is 0.238 e. The molecule has 1 aliphatic rings. The molecule has 4 nitrogen and oxygen atoms in total.